The molecule has 0 aromatic rings. The van der Waals surface area contributed by atoms with Crippen LogP contribution in [-0.4, -0.2) is 13.0 Å². The molecule has 0 saturated heterocycles. The van der Waals surface area contributed by atoms with Gasteiger partial charge in [-0.3, -0.25) is 9.26 Å². The van der Waals surface area contributed by atoms with Gasteiger partial charge in [-0.15, -0.1) is 0 Å². The van der Waals surface area contributed by atoms with Crippen molar-refractivity contribution in [2.75, 3.05) is 0 Å². The Morgan fingerprint density at radius 2 is 1.71 bits per heavy atom. The summed E-state index contributed by atoms with van der Waals surface area (Å²) < 4.78 is 28.8. The molecule has 0 fully saturated rings. The van der Waals surface area contributed by atoms with Crippen LogP contribution in [0.25, 0.3) is 0 Å². The van der Waals surface area contributed by atoms with Gasteiger partial charge in [-0.1, -0.05) is 0 Å². The van der Waals surface area contributed by atoms with Crippen LogP contribution in [0, 0.1) is 0 Å². The highest BCUT2D eigenvalue weighted by molar-refractivity contribution is 7.80. The number of halogens is 1. The van der Waals surface area contributed by atoms with Gasteiger partial charge in [0, 0.05) is 0 Å². The van der Waals surface area contributed by atoms with Crippen LogP contribution in [0.5, 0.6) is 0 Å². The second-order valence-electron chi connectivity index (χ2n) is 0.524. The van der Waals surface area contributed by atoms with Gasteiger partial charge in [-0.2, -0.15) is 18.6 Å². The Bertz CT molecular complexity index is 114. The van der Waals surface area contributed by atoms with Crippen molar-refractivity contribution in [3.63, 3.8) is 0 Å². The van der Waals surface area contributed by atoms with Crippen LogP contribution >= 0.6 is 0 Å². The fourth-order valence-electron chi connectivity index (χ4n) is 0. The topological polar surface area (TPSA) is 89.6 Å². The van der Waals surface area contributed by atoms with E-state index in [1.807, 2.05) is 0 Å². The molecule has 0 aromatic heterocycles. The Kier molecular flexibility index (Phi) is 4.04. The molecule has 0 spiro atoms. The molecular weight excluding hydrogens is 129 g/mol. The monoisotopic (exact) mass is 133 g/mol. The molecule has 0 aliphatic rings. The summed E-state index contributed by atoms with van der Waals surface area (Å²) in [6, 6.07) is 0. The maximum absolute atomic E-state index is 9.21. The van der Waals surface area contributed by atoms with E-state index < -0.39 is 10.4 Å². The summed E-state index contributed by atoms with van der Waals surface area (Å²) in [6.45, 7) is 0. The summed E-state index contributed by atoms with van der Waals surface area (Å²) in [5, 5.41) is 0. The van der Waals surface area contributed by atoms with Gasteiger partial charge in [-0.05, 0) is 0 Å². The summed E-state index contributed by atoms with van der Waals surface area (Å²) in [5.74, 6) is 3.97. The highest BCUT2D eigenvalue weighted by atomic mass is 32.3. The number of hydrogen-bond acceptors (Lipinski definition) is 4. The summed E-state index contributed by atoms with van der Waals surface area (Å²) in [7, 11) is -4.38. The quantitative estimate of drug-likeness (QED) is 0.347. The van der Waals surface area contributed by atoms with Crippen molar-refractivity contribution in [2.24, 2.45) is 5.90 Å². The van der Waals surface area contributed by atoms with Crippen molar-refractivity contribution in [2.45, 2.75) is 0 Å². The molecule has 0 bridgehead atoms. The van der Waals surface area contributed by atoms with Crippen LogP contribution in [-0.2, 0) is 14.7 Å². The van der Waals surface area contributed by atoms with Crippen molar-refractivity contribution in [3.05, 3.63) is 0 Å². The molecule has 0 amide bonds. The Labute approximate surface area is 39.3 Å². The molecule has 7 heteroatoms. The Morgan fingerprint density at radius 1 is 1.57 bits per heavy atom. The lowest BCUT2D eigenvalue weighted by Crippen LogP contribution is -2.08. The fourth-order valence-corrected chi connectivity index (χ4v) is 0. The molecule has 3 N–H and O–H groups in total. The van der Waals surface area contributed by atoms with Crippen molar-refractivity contribution in [1.82, 2.24) is 0 Å². The summed E-state index contributed by atoms with van der Waals surface area (Å²) in [5.41, 5.74) is 0. The van der Waals surface area contributed by atoms with Crippen molar-refractivity contribution < 1.29 is 22.0 Å². The first-order chi connectivity index (χ1) is 2.56. The lowest BCUT2D eigenvalue weighted by atomic mass is 13.6. The molecule has 0 saturated carbocycles. The van der Waals surface area contributed by atoms with E-state index in [1.165, 1.54) is 0 Å². The SMILES string of the molecule is F.NOS(=O)(=O)O. The maximum atomic E-state index is 9.21. The van der Waals surface area contributed by atoms with Crippen LogP contribution in [0.2, 0.25) is 0 Å². The van der Waals surface area contributed by atoms with Crippen LogP contribution in [0.1, 0.15) is 0 Å². The van der Waals surface area contributed by atoms with E-state index in [1.54, 1.807) is 0 Å². The van der Waals surface area contributed by atoms with Crippen molar-refractivity contribution >= 4 is 10.4 Å². The molecule has 0 atom stereocenters. The lowest BCUT2D eigenvalue weighted by Gasteiger charge is -1.81. The Balaban J connectivity index is 0. The van der Waals surface area contributed by atoms with Crippen LogP contribution in [0.3, 0.4) is 0 Å². The van der Waals surface area contributed by atoms with Crippen LogP contribution in [0.15, 0.2) is 0 Å². The van der Waals surface area contributed by atoms with Gasteiger partial charge in [0.05, 0.1) is 0 Å². The van der Waals surface area contributed by atoms with E-state index in [0.29, 0.717) is 0 Å². The molecule has 46 valence electrons. The predicted molar refractivity (Wildman–Crippen MR) is 19.3 cm³/mol. The minimum Gasteiger partial charge on any atom is -0.269 e. The second kappa shape index (κ2) is 2.86. The zero-order valence-electron chi connectivity index (χ0n) is 3.07. The van der Waals surface area contributed by atoms with Crippen molar-refractivity contribution in [3.8, 4) is 0 Å². The normalized spacial score (nSPS) is 10.0. The Hall–Kier alpha value is -0.240. The van der Waals surface area contributed by atoms with E-state index >= 15 is 0 Å². The smallest absolute Gasteiger partial charge is 0.269 e. The average molecular weight is 133 g/mol. The zero-order chi connectivity index (χ0) is 5.21. The van der Waals surface area contributed by atoms with Gasteiger partial charge >= 0.3 is 10.4 Å². The third kappa shape index (κ3) is 10.7. The maximum Gasteiger partial charge on any atom is 0.413 e. The van der Waals surface area contributed by atoms with Crippen LogP contribution in [0.4, 0.5) is 4.70 Å². The molecule has 0 aromatic carbocycles. The third-order valence-electron chi connectivity index (χ3n) is 0.122. The summed E-state index contributed by atoms with van der Waals surface area (Å²) in [6.07, 6.45) is 0. The molecule has 5 nitrogen and oxygen atoms in total. The largest absolute Gasteiger partial charge is 0.413 e. The standard InChI is InChI=1S/FH.H3NO4S/c;1-5-6(2,3)4/h1H;1H2,(H,2,3,4). The molecule has 0 aliphatic carbocycles. The number of nitrogens with two attached hydrogens (primary N) is 1. The van der Waals surface area contributed by atoms with Crippen molar-refractivity contribution in [1.29, 1.82) is 0 Å². The molecule has 0 radical (unpaired) electrons. The van der Waals surface area contributed by atoms with E-state index in [9.17, 15) is 8.42 Å². The third-order valence-corrected chi connectivity index (χ3v) is 0.365. The molecule has 0 rings (SSSR count). The van der Waals surface area contributed by atoms with Crippen LogP contribution < -0.4 is 5.90 Å². The van der Waals surface area contributed by atoms with Gasteiger partial charge < -0.3 is 0 Å². The highest BCUT2D eigenvalue weighted by Gasteiger charge is 1.95. The predicted octanol–water partition coefficient (Wildman–Crippen LogP) is -1.17. The zero-order valence-corrected chi connectivity index (χ0v) is 3.88. The van der Waals surface area contributed by atoms with Gasteiger partial charge in [0.1, 0.15) is 0 Å². The van der Waals surface area contributed by atoms with Gasteiger partial charge in [0.25, 0.3) is 0 Å². The molecule has 0 unspecified atom stereocenters. The van der Waals surface area contributed by atoms with E-state index in [2.05, 4.69) is 10.2 Å². The van der Waals surface area contributed by atoms with E-state index in [4.69, 9.17) is 4.55 Å². The lowest BCUT2D eigenvalue weighted by molar-refractivity contribution is 0.277. The average Bonchev–Trinajstić information content (AvgIpc) is 1.35. The highest BCUT2D eigenvalue weighted by Crippen LogP contribution is 1.70. The molecule has 0 aliphatic heterocycles. The van der Waals surface area contributed by atoms with Gasteiger partial charge in [0.2, 0.25) is 0 Å². The van der Waals surface area contributed by atoms with Gasteiger partial charge in [-0.25, -0.2) is 0 Å². The first-order valence-corrected chi connectivity index (χ1v) is 2.28. The first-order valence-electron chi connectivity index (χ1n) is 0.918. The summed E-state index contributed by atoms with van der Waals surface area (Å²) >= 11 is 0. The number of rotatable bonds is 1. The first kappa shape index (κ1) is 9.90. The van der Waals surface area contributed by atoms with Gasteiger partial charge in [0.15, 0.2) is 0 Å². The molecule has 0 heterocycles. The fraction of sp³-hybridized carbons (Fsp3) is 0. The Morgan fingerprint density at radius 3 is 1.71 bits per heavy atom. The summed E-state index contributed by atoms with van der Waals surface area (Å²) in [4.78, 5) is 0. The molecular formula is H4FNO4S. The van der Waals surface area contributed by atoms with E-state index in [-0.39, 0.29) is 4.70 Å². The number of hydrogen-bond donors (Lipinski definition) is 2. The minimum atomic E-state index is -4.38. The molecule has 7 heavy (non-hydrogen) atoms. The second-order valence-corrected chi connectivity index (χ2v) is 1.57. The van der Waals surface area contributed by atoms with E-state index in [0.717, 1.165) is 0 Å². The minimum absolute atomic E-state index is 0.